The first-order chi connectivity index (χ1) is 18.3. The molecule has 2 aromatic rings. The van der Waals surface area contributed by atoms with E-state index in [1.54, 1.807) is 0 Å². The van der Waals surface area contributed by atoms with Crippen molar-refractivity contribution < 1.29 is 18.5 Å². The molecule has 1 fully saturated rings. The Kier molecular flexibility index (Phi) is 8.46. The molecule has 40 heavy (non-hydrogen) atoms. The summed E-state index contributed by atoms with van der Waals surface area (Å²) in [5, 5.41) is 13.5. The zero-order valence-corrected chi connectivity index (χ0v) is 29.7. The summed E-state index contributed by atoms with van der Waals surface area (Å²) < 4.78 is 30.8. The Morgan fingerprint density at radius 2 is 1.20 bits per heavy atom. The highest BCUT2D eigenvalue weighted by molar-refractivity contribution is 7.79. The Morgan fingerprint density at radius 3 is 1.50 bits per heavy atom. The third-order valence-electron chi connectivity index (χ3n) is 10.6. The van der Waals surface area contributed by atoms with Crippen LogP contribution in [0.2, 0.25) is 36.3 Å². The fraction of sp³-hybridized carbons (Fsp3) is 0.636. The Balaban J connectivity index is 2.08. The van der Waals surface area contributed by atoms with Gasteiger partial charge in [-0.2, -0.15) is 0 Å². The summed E-state index contributed by atoms with van der Waals surface area (Å²) in [5.74, 6) is 0. The molecule has 1 N–H and O–H groups in total. The number of fused-ring (bicyclic) bond motifs is 2. The topological polar surface area (TPSA) is 55.8 Å². The van der Waals surface area contributed by atoms with Crippen LogP contribution in [0, 0.1) is 0 Å². The van der Waals surface area contributed by atoms with E-state index < -0.39 is 41.6 Å². The summed E-state index contributed by atoms with van der Waals surface area (Å²) >= 11 is 0. The molecular formula is C33H53O4PSi2. The fourth-order valence-electron chi connectivity index (χ4n) is 5.94. The van der Waals surface area contributed by atoms with Gasteiger partial charge in [0.25, 0.3) is 0 Å². The molecule has 7 heteroatoms. The van der Waals surface area contributed by atoms with Crippen molar-refractivity contribution in [2.45, 2.75) is 134 Å². The van der Waals surface area contributed by atoms with Crippen LogP contribution >= 0.6 is 7.14 Å². The van der Waals surface area contributed by atoms with Crippen molar-refractivity contribution in [3.05, 3.63) is 59.7 Å². The lowest BCUT2D eigenvalue weighted by molar-refractivity contribution is -0.0370. The Hall–Kier alpha value is -1.02. The molecule has 0 radical (unpaired) electrons. The van der Waals surface area contributed by atoms with E-state index in [1.165, 1.54) is 0 Å². The van der Waals surface area contributed by atoms with Crippen molar-refractivity contribution in [1.82, 2.24) is 0 Å². The highest BCUT2D eigenvalue weighted by Gasteiger charge is 2.56. The molecule has 0 amide bonds. The minimum atomic E-state index is -3.30. The minimum Gasteiger partial charge on any atom is -0.407 e. The van der Waals surface area contributed by atoms with Crippen LogP contribution in [0.4, 0.5) is 0 Å². The molecule has 1 aliphatic carbocycles. The quantitative estimate of drug-likeness (QED) is 0.255. The van der Waals surface area contributed by atoms with Gasteiger partial charge in [0.05, 0.1) is 5.60 Å². The molecule has 0 spiro atoms. The highest BCUT2D eigenvalue weighted by atomic mass is 31.2. The van der Waals surface area contributed by atoms with Crippen LogP contribution in [0.15, 0.2) is 48.5 Å². The second kappa shape index (κ2) is 10.6. The number of rotatable bonds is 7. The molecule has 1 aliphatic heterocycles. The third kappa shape index (κ3) is 5.31. The van der Waals surface area contributed by atoms with Crippen molar-refractivity contribution in [2.75, 3.05) is 0 Å². The molecule has 4 rings (SSSR count). The maximum atomic E-state index is 16.0. The highest BCUT2D eigenvalue weighted by Crippen LogP contribution is 2.62. The first-order valence-electron chi connectivity index (χ1n) is 15.2. The summed E-state index contributed by atoms with van der Waals surface area (Å²) in [4.78, 5) is 0. The number of benzene rings is 2. The minimum absolute atomic E-state index is 0.00791. The average molecular weight is 601 g/mol. The smallest absolute Gasteiger partial charge is 0.193 e. The Morgan fingerprint density at radius 1 is 0.825 bits per heavy atom. The van der Waals surface area contributed by atoms with Gasteiger partial charge in [-0.1, -0.05) is 97.0 Å². The van der Waals surface area contributed by atoms with Crippen molar-refractivity contribution >= 4 is 34.4 Å². The van der Waals surface area contributed by atoms with Crippen molar-refractivity contribution in [2.24, 2.45) is 0 Å². The van der Waals surface area contributed by atoms with E-state index in [-0.39, 0.29) is 15.7 Å². The van der Waals surface area contributed by atoms with Crippen LogP contribution in [0.3, 0.4) is 0 Å². The molecule has 2 aliphatic rings. The van der Waals surface area contributed by atoms with Crippen LogP contribution in [-0.4, -0.2) is 33.0 Å². The second-order valence-electron chi connectivity index (χ2n) is 15.3. The monoisotopic (exact) mass is 600 g/mol. The van der Waals surface area contributed by atoms with E-state index in [0.717, 1.165) is 28.2 Å². The molecule has 0 aromatic heterocycles. The van der Waals surface area contributed by atoms with Crippen molar-refractivity contribution in [3.63, 3.8) is 0 Å². The first-order valence-corrected chi connectivity index (χ1v) is 22.8. The van der Waals surface area contributed by atoms with Crippen LogP contribution in [0.25, 0.3) is 0 Å². The summed E-state index contributed by atoms with van der Waals surface area (Å²) in [5.41, 5.74) is 0.672. The van der Waals surface area contributed by atoms with Gasteiger partial charge < -0.3 is 18.5 Å². The lowest BCUT2D eigenvalue weighted by Crippen LogP contribution is -2.50. The van der Waals surface area contributed by atoms with Crippen LogP contribution in [0.5, 0.6) is 0 Å². The number of hydrogen-bond donors (Lipinski definition) is 1. The molecule has 1 heterocycles. The van der Waals surface area contributed by atoms with Crippen molar-refractivity contribution in [3.8, 4) is 0 Å². The molecule has 2 aromatic carbocycles. The molecule has 0 saturated heterocycles. The fourth-order valence-corrected chi connectivity index (χ4v) is 12.6. The largest absolute Gasteiger partial charge is 0.407 e. The van der Waals surface area contributed by atoms with E-state index in [1.807, 2.05) is 36.4 Å². The van der Waals surface area contributed by atoms with Gasteiger partial charge in [0.15, 0.2) is 16.6 Å². The Labute approximate surface area is 245 Å². The zero-order chi connectivity index (χ0) is 29.9. The van der Waals surface area contributed by atoms with Gasteiger partial charge in [-0.3, -0.25) is 0 Å². The van der Waals surface area contributed by atoms with Crippen molar-refractivity contribution in [1.29, 1.82) is 0 Å². The lowest BCUT2D eigenvalue weighted by Gasteiger charge is -2.46. The molecule has 0 bridgehead atoms. The summed E-state index contributed by atoms with van der Waals surface area (Å²) in [6.45, 7) is 24.9. The predicted molar refractivity (Wildman–Crippen MR) is 175 cm³/mol. The maximum Gasteiger partial charge on any atom is 0.193 e. The number of aliphatic hydroxyl groups is 1. The third-order valence-corrected chi connectivity index (χ3v) is 23.5. The second-order valence-corrected chi connectivity index (χ2v) is 27.7. The number of hydrogen-bond acceptors (Lipinski definition) is 4. The summed E-state index contributed by atoms with van der Waals surface area (Å²) in [7, 11) is -7.87. The molecule has 4 nitrogen and oxygen atoms in total. The summed E-state index contributed by atoms with van der Waals surface area (Å²) in [6, 6.07) is 16.4. The Bertz CT molecular complexity index is 1190. The SMILES string of the molecule is CCC(C1(O)CCC1)P1(=O)c2ccccc2[C@@H](O[Si](C)(C)C(C)(C)C)[C@H](O[Si](C)(C)C(C)(C)C)c2ccccc21. The molecule has 3 atom stereocenters. The standard InChI is InChI=1S/C33H53O4PSi2/c1-12-28(33(34)22-17-23-33)38(35)26-20-15-13-18-24(26)29(36-39(8,9)31(2,3)4)30(25-19-14-16-21-27(25)38)37-40(10,11)32(5,6)7/h13-16,18-21,28-30,34H,12,17,22-23H2,1-11H3/t28?,29-,30-/m1/s1. The summed E-state index contributed by atoms with van der Waals surface area (Å²) in [6.07, 6.45) is 2.25. The lowest BCUT2D eigenvalue weighted by atomic mass is 9.77. The molecule has 1 unspecified atom stereocenters. The van der Waals surface area contributed by atoms with E-state index in [0.29, 0.717) is 19.3 Å². The van der Waals surface area contributed by atoms with Gasteiger partial charge in [-0.15, -0.1) is 0 Å². The van der Waals surface area contributed by atoms with Crippen LogP contribution in [0.1, 0.15) is 97.5 Å². The maximum absolute atomic E-state index is 16.0. The van der Waals surface area contributed by atoms with E-state index in [9.17, 15) is 5.11 Å². The first kappa shape index (κ1) is 31.9. The van der Waals surface area contributed by atoms with E-state index in [4.69, 9.17) is 8.85 Å². The van der Waals surface area contributed by atoms with Gasteiger partial charge in [-0.25, -0.2) is 0 Å². The van der Waals surface area contributed by atoms with Gasteiger partial charge in [0.1, 0.15) is 19.3 Å². The van der Waals surface area contributed by atoms with E-state index >= 15 is 4.57 Å². The van der Waals surface area contributed by atoms with Crippen LogP contribution in [-0.2, 0) is 13.4 Å². The van der Waals surface area contributed by atoms with Gasteiger partial charge in [-0.05, 0) is 73.1 Å². The average Bonchev–Trinajstić information content (AvgIpc) is 2.91. The van der Waals surface area contributed by atoms with Crippen LogP contribution < -0.4 is 10.6 Å². The molecule has 222 valence electrons. The molecule has 1 saturated carbocycles. The van der Waals surface area contributed by atoms with Gasteiger partial charge in [0.2, 0.25) is 0 Å². The zero-order valence-electron chi connectivity index (χ0n) is 26.8. The predicted octanol–water partition coefficient (Wildman–Crippen LogP) is 8.83. The van der Waals surface area contributed by atoms with E-state index in [2.05, 4.69) is 86.8 Å². The van der Waals surface area contributed by atoms with Gasteiger partial charge >= 0.3 is 0 Å². The molecular weight excluding hydrogens is 548 g/mol. The normalized spacial score (nSPS) is 23.4. The van der Waals surface area contributed by atoms with Gasteiger partial charge in [0, 0.05) is 16.3 Å².